The van der Waals surface area contributed by atoms with Crippen LogP contribution in [0.3, 0.4) is 0 Å². The Kier molecular flexibility index (Phi) is 1.45. The van der Waals surface area contributed by atoms with Gasteiger partial charge in [0.05, 0.1) is 18.8 Å². The third-order valence-corrected chi connectivity index (χ3v) is 4.79. The van der Waals surface area contributed by atoms with Gasteiger partial charge in [-0.15, -0.1) is 0 Å². The quantitative estimate of drug-likeness (QED) is 0.634. The molecule has 3 nitrogen and oxygen atoms in total. The molecule has 4 aliphatic rings. The Bertz CT molecular complexity index is 264. The average Bonchev–Trinajstić information content (AvgIpc) is 2.67. The van der Waals surface area contributed by atoms with E-state index in [4.69, 9.17) is 4.74 Å². The van der Waals surface area contributed by atoms with Gasteiger partial charge < -0.3 is 9.84 Å². The Morgan fingerprint density at radius 1 is 1.29 bits per heavy atom. The highest BCUT2D eigenvalue weighted by atomic mass is 16.6. The number of hydrogen-bond acceptors (Lipinski definition) is 3. The molecule has 14 heavy (non-hydrogen) atoms. The van der Waals surface area contributed by atoms with Crippen molar-refractivity contribution in [3.63, 3.8) is 0 Å². The van der Waals surface area contributed by atoms with Crippen molar-refractivity contribution in [2.45, 2.75) is 31.1 Å². The summed E-state index contributed by atoms with van der Waals surface area (Å²) in [6, 6.07) is 0.489. The largest absolute Gasteiger partial charge is 0.391 e. The lowest BCUT2D eigenvalue weighted by Crippen LogP contribution is -2.42. The highest BCUT2D eigenvalue weighted by Gasteiger charge is 2.59. The second-order valence-electron chi connectivity index (χ2n) is 5.55. The molecule has 0 aromatic rings. The van der Waals surface area contributed by atoms with Crippen LogP contribution in [0.25, 0.3) is 0 Å². The molecule has 0 spiro atoms. The summed E-state index contributed by atoms with van der Waals surface area (Å²) in [5, 5.41) is 10.1. The van der Waals surface area contributed by atoms with Crippen LogP contribution in [0.15, 0.2) is 0 Å². The van der Waals surface area contributed by atoms with Crippen molar-refractivity contribution in [3.05, 3.63) is 0 Å². The van der Waals surface area contributed by atoms with E-state index >= 15 is 0 Å². The first kappa shape index (κ1) is 8.08. The van der Waals surface area contributed by atoms with Gasteiger partial charge in [0, 0.05) is 19.1 Å². The molecule has 2 saturated carbocycles. The van der Waals surface area contributed by atoms with Gasteiger partial charge in [-0.3, -0.25) is 4.90 Å². The van der Waals surface area contributed by atoms with Gasteiger partial charge in [0.15, 0.2) is 0 Å². The van der Waals surface area contributed by atoms with Crippen molar-refractivity contribution < 1.29 is 9.84 Å². The molecular weight excluding hydrogens is 178 g/mol. The number of aliphatic hydroxyl groups is 1. The molecule has 6 atom stereocenters. The Hall–Kier alpha value is -0.120. The summed E-state index contributed by atoms with van der Waals surface area (Å²) < 4.78 is 5.28. The summed E-state index contributed by atoms with van der Waals surface area (Å²) in [5.41, 5.74) is 0. The first-order valence-electron chi connectivity index (χ1n) is 5.86. The molecule has 4 fully saturated rings. The summed E-state index contributed by atoms with van der Waals surface area (Å²) in [6.07, 6.45) is 3.03. The summed E-state index contributed by atoms with van der Waals surface area (Å²) in [5.74, 6) is 2.33. The van der Waals surface area contributed by atoms with Crippen LogP contribution in [-0.2, 0) is 4.74 Å². The molecule has 0 radical (unpaired) electrons. The predicted octanol–water partition coefficient (Wildman–Crippen LogP) is 0.0863. The Morgan fingerprint density at radius 2 is 2.14 bits per heavy atom. The van der Waals surface area contributed by atoms with E-state index in [-0.39, 0.29) is 6.10 Å². The molecular formula is C11H17NO2. The number of rotatable bonds is 2. The van der Waals surface area contributed by atoms with Crippen LogP contribution in [-0.4, -0.2) is 48.0 Å². The molecule has 3 heteroatoms. The highest BCUT2D eigenvalue weighted by molar-refractivity contribution is 5.11. The maximum absolute atomic E-state index is 10.1. The molecule has 0 amide bonds. The lowest BCUT2D eigenvalue weighted by molar-refractivity contribution is 0.0488. The topological polar surface area (TPSA) is 36.0 Å². The van der Waals surface area contributed by atoms with Crippen molar-refractivity contribution >= 4 is 0 Å². The Labute approximate surface area is 84.0 Å². The normalized spacial score (nSPS) is 59.8. The van der Waals surface area contributed by atoms with Gasteiger partial charge in [0.2, 0.25) is 0 Å². The number of aliphatic hydroxyl groups excluding tert-OH is 1. The minimum atomic E-state index is -0.0301. The lowest BCUT2D eigenvalue weighted by atomic mass is 9.88. The molecule has 5 unspecified atom stereocenters. The van der Waals surface area contributed by atoms with Crippen molar-refractivity contribution in [1.82, 2.24) is 4.90 Å². The molecule has 2 bridgehead atoms. The van der Waals surface area contributed by atoms with Crippen LogP contribution in [0.1, 0.15) is 12.8 Å². The SMILES string of the molecule is OC1C2CC3CN(C[C@H]4CO4)C1C3C2. The maximum atomic E-state index is 10.1. The van der Waals surface area contributed by atoms with E-state index in [1.807, 2.05) is 0 Å². The zero-order chi connectivity index (χ0) is 9.28. The minimum absolute atomic E-state index is 0.0301. The lowest BCUT2D eigenvalue weighted by Gasteiger charge is -2.28. The number of nitrogens with zero attached hydrogens (tertiary/aromatic N) is 1. The van der Waals surface area contributed by atoms with Gasteiger partial charge in [0.1, 0.15) is 0 Å². The molecule has 4 rings (SSSR count). The van der Waals surface area contributed by atoms with E-state index in [1.54, 1.807) is 0 Å². The third kappa shape index (κ3) is 0.930. The fraction of sp³-hybridized carbons (Fsp3) is 1.00. The summed E-state index contributed by atoms with van der Waals surface area (Å²) in [6.45, 7) is 3.24. The molecule has 0 aromatic carbocycles. The van der Waals surface area contributed by atoms with E-state index in [0.717, 1.165) is 25.0 Å². The zero-order valence-corrected chi connectivity index (χ0v) is 8.30. The molecule has 2 heterocycles. The van der Waals surface area contributed by atoms with E-state index in [2.05, 4.69) is 4.90 Å². The monoisotopic (exact) mass is 195 g/mol. The van der Waals surface area contributed by atoms with E-state index < -0.39 is 0 Å². The molecule has 2 aliphatic heterocycles. The average molecular weight is 195 g/mol. The summed E-state index contributed by atoms with van der Waals surface area (Å²) in [7, 11) is 0. The van der Waals surface area contributed by atoms with E-state index in [1.165, 1.54) is 19.4 Å². The van der Waals surface area contributed by atoms with Gasteiger partial charge in [-0.2, -0.15) is 0 Å². The number of ether oxygens (including phenoxy) is 1. The number of fused-ring (bicyclic) bond motifs is 1. The first-order chi connectivity index (χ1) is 6.83. The van der Waals surface area contributed by atoms with Crippen LogP contribution in [0.4, 0.5) is 0 Å². The van der Waals surface area contributed by atoms with Crippen molar-refractivity contribution in [2.75, 3.05) is 19.7 Å². The van der Waals surface area contributed by atoms with Gasteiger partial charge in [-0.25, -0.2) is 0 Å². The van der Waals surface area contributed by atoms with Crippen LogP contribution < -0.4 is 0 Å². The number of epoxide rings is 1. The van der Waals surface area contributed by atoms with Gasteiger partial charge in [-0.1, -0.05) is 0 Å². The smallest absolute Gasteiger partial charge is 0.0936 e. The minimum Gasteiger partial charge on any atom is -0.391 e. The Balaban J connectivity index is 1.58. The van der Waals surface area contributed by atoms with Crippen LogP contribution in [0.5, 0.6) is 0 Å². The summed E-state index contributed by atoms with van der Waals surface area (Å²) >= 11 is 0. The van der Waals surface area contributed by atoms with Crippen molar-refractivity contribution in [1.29, 1.82) is 0 Å². The van der Waals surface area contributed by atoms with Crippen LogP contribution in [0.2, 0.25) is 0 Å². The molecule has 2 saturated heterocycles. The van der Waals surface area contributed by atoms with Crippen LogP contribution in [0, 0.1) is 17.8 Å². The van der Waals surface area contributed by atoms with Gasteiger partial charge in [-0.05, 0) is 30.6 Å². The van der Waals surface area contributed by atoms with Crippen molar-refractivity contribution in [3.8, 4) is 0 Å². The van der Waals surface area contributed by atoms with E-state index in [9.17, 15) is 5.11 Å². The zero-order valence-electron chi connectivity index (χ0n) is 8.30. The van der Waals surface area contributed by atoms with E-state index in [0.29, 0.717) is 18.1 Å². The molecule has 78 valence electrons. The first-order valence-corrected chi connectivity index (χ1v) is 5.86. The Morgan fingerprint density at radius 3 is 2.86 bits per heavy atom. The number of likely N-dealkylation sites (tertiary alicyclic amines) is 1. The molecule has 0 aromatic heterocycles. The third-order valence-electron chi connectivity index (χ3n) is 4.79. The second kappa shape index (κ2) is 2.52. The van der Waals surface area contributed by atoms with Gasteiger partial charge >= 0.3 is 0 Å². The highest BCUT2D eigenvalue weighted by Crippen LogP contribution is 2.54. The number of hydrogen-bond donors (Lipinski definition) is 1. The van der Waals surface area contributed by atoms with Gasteiger partial charge in [0.25, 0.3) is 0 Å². The predicted molar refractivity (Wildman–Crippen MR) is 50.8 cm³/mol. The fourth-order valence-corrected chi connectivity index (χ4v) is 4.18. The van der Waals surface area contributed by atoms with Crippen molar-refractivity contribution in [2.24, 2.45) is 17.8 Å². The van der Waals surface area contributed by atoms with Crippen LogP contribution >= 0.6 is 0 Å². The molecule has 2 aliphatic carbocycles. The second-order valence-corrected chi connectivity index (χ2v) is 5.55. The maximum Gasteiger partial charge on any atom is 0.0936 e. The fourth-order valence-electron chi connectivity index (χ4n) is 4.18. The standard InChI is InChI=1S/C11H17NO2/c13-11-6-1-7-3-12(4-8-5-14-8)10(11)9(7)2-6/h6-11,13H,1-5H2/t6?,7?,8-,9?,10?,11?/m0/s1. The molecule has 1 N–H and O–H groups in total. The summed E-state index contributed by atoms with van der Waals surface area (Å²) in [4.78, 5) is 2.50.